The van der Waals surface area contributed by atoms with E-state index in [1.807, 2.05) is 0 Å². The summed E-state index contributed by atoms with van der Waals surface area (Å²) in [6.07, 6.45) is 4.03. The van der Waals surface area contributed by atoms with Crippen LogP contribution in [0.15, 0.2) is 0 Å². The van der Waals surface area contributed by atoms with Crippen molar-refractivity contribution in [3.05, 3.63) is 0 Å². The van der Waals surface area contributed by atoms with Crippen molar-refractivity contribution in [2.24, 2.45) is 17.1 Å². The number of rotatable bonds is 3. The van der Waals surface area contributed by atoms with Gasteiger partial charge >= 0.3 is 0 Å². The zero-order valence-corrected chi connectivity index (χ0v) is 10.2. The van der Waals surface area contributed by atoms with E-state index in [-0.39, 0.29) is 0 Å². The highest BCUT2D eigenvalue weighted by molar-refractivity contribution is 4.86. The fourth-order valence-corrected chi connectivity index (χ4v) is 2.74. The maximum Gasteiger partial charge on any atom is 0.0133 e. The van der Waals surface area contributed by atoms with Crippen molar-refractivity contribution < 1.29 is 0 Å². The quantitative estimate of drug-likeness (QED) is 0.752. The fraction of sp³-hybridized carbons (Fsp3) is 1.00. The van der Waals surface area contributed by atoms with Crippen molar-refractivity contribution in [3.8, 4) is 0 Å². The Hall–Kier alpha value is -0.0800. The molecule has 2 atom stereocenters. The van der Waals surface area contributed by atoms with Gasteiger partial charge in [-0.3, -0.25) is 0 Å². The van der Waals surface area contributed by atoms with Gasteiger partial charge in [0.05, 0.1) is 0 Å². The maximum atomic E-state index is 5.80. The molecule has 2 nitrogen and oxygen atoms in total. The van der Waals surface area contributed by atoms with E-state index in [1.165, 1.54) is 25.8 Å². The number of hydrogen-bond acceptors (Lipinski definition) is 2. The molecule has 0 aromatic carbocycles. The first-order valence-electron chi connectivity index (χ1n) is 5.84. The van der Waals surface area contributed by atoms with Crippen LogP contribution >= 0.6 is 0 Å². The summed E-state index contributed by atoms with van der Waals surface area (Å²) in [5, 5.41) is 0. The Labute approximate surface area is 88.8 Å². The number of hydrogen-bond donors (Lipinski definition) is 1. The predicted molar refractivity (Wildman–Crippen MR) is 62.3 cm³/mol. The molecule has 2 N–H and O–H groups in total. The third-order valence-corrected chi connectivity index (χ3v) is 3.21. The van der Waals surface area contributed by atoms with E-state index in [2.05, 4.69) is 32.7 Å². The van der Waals surface area contributed by atoms with Crippen LogP contribution in [0.4, 0.5) is 0 Å². The van der Waals surface area contributed by atoms with Gasteiger partial charge in [0.15, 0.2) is 0 Å². The number of nitrogens with two attached hydrogens (primary N) is 1. The number of nitrogens with zero attached hydrogens (tertiary/aromatic N) is 1. The van der Waals surface area contributed by atoms with E-state index in [1.54, 1.807) is 0 Å². The van der Waals surface area contributed by atoms with Gasteiger partial charge in [-0.25, -0.2) is 0 Å². The molecule has 1 saturated carbocycles. The molecule has 0 aromatic heterocycles. The second-order valence-corrected chi connectivity index (χ2v) is 5.97. The molecule has 0 bridgehead atoms. The lowest BCUT2D eigenvalue weighted by Crippen LogP contribution is -2.41. The molecule has 0 spiro atoms. The molecule has 84 valence electrons. The average molecular weight is 198 g/mol. The third kappa shape index (κ3) is 3.25. The maximum absolute atomic E-state index is 5.80. The SMILES string of the molecule is CN(CC(C)(C)C)C1CCCC1CN. The second kappa shape index (κ2) is 4.63. The zero-order valence-electron chi connectivity index (χ0n) is 10.2. The Morgan fingerprint density at radius 1 is 1.29 bits per heavy atom. The van der Waals surface area contributed by atoms with Gasteiger partial charge in [-0.05, 0) is 37.8 Å². The van der Waals surface area contributed by atoms with Gasteiger partial charge in [0.25, 0.3) is 0 Å². The van der Waals surface area contributed by atoms with Gasteiger partial charge in [0.2, 0.25) is 0 Å². The Balaban J connectivity index is 2.47. The van der Waals surface area contributed by atoms with Crippen molar-refractivity contribution in [2.75, 3.05) is 20.1 Å². The lowest BCUT2D eigenvalue weighted by atomic mass is 9.94. The molecule has 1 fully saturated rings. The smallest absolute Gasteiger partial charge is 0.0133 e. The van der Waals surface area contributed by atoms with E-state index in [0.717, 1.165) is 18.5 Å². The van der Waals surface area contributed by atoms with Crippen LogP contribution in [-0.2, 0) is 0 Å². The monoisotopic (exact) mass is 198 g/mol. The van der Waals surface area contributed by atoms with Crippen LogP contribution in [0.3, 0.4) is 0 Å². The molecule has 1 rings (SSSR count). The van der Waals surface area contributed by atoms with Crippen LogP contribution in [0.25, 0.3) is 0 Å². The van der Waals surface area contributed by atoms with Gasteiger partial charge in [-0.1, -0.05) is 27.2 Å². The minimum absolute atomic E-state index is 0.399. The molecule has 14 heavy (non-hydrogen) atoms. The normalized spacial score (nSPS) is 28.7. The van der Waals surface area contributed by atoms with Crippen LogP contribution in [0.1, 0.15) is 40.0 Å². The summed E-state index contributed by atoms with van der Waals surface area (Å²) >= 11 is 0. The van der Waals surface area contributed by atoms with Crippen molar-refractivity contribution in [1.29, 1.82) is 0 Å². The molecule has 1 aliphatic carbocycles. The summed E-state index contributed by atoms with van der Waals surface area (Å²) in [6.45, 7) is 8.94. The summed E-state index contributed by atoms with van der Waals surface area (Å²) < 4.78 is 0. The first kappa shape index (κ1) is 12.0. The molecule has 0 amide bonds. The van der Waals surface area contributed by atoms with Crippen LogP contribution < -0.4 is 5.73 Å². The van der Waals surface area contributed by atoms with E-state index < -0.39 is 0 Å². The van der Waals surface area contributed by atoms with E-state index in [4.69, 9.17) is 5.73 Å². The molecule has 2 unspecified atom stereocenters. The van der Waals surface area contributed by atoms with Crippen LogP contribution in [0.5, 0.6) is 0 Å². The lowest BCUT2D eigenvalue weighted by Gasteiger charge is -2.34. The van der Waals surface area contributed by atoms with E-state index in [9.17, 15) is 0 Å². The Morgan fingerprint density at radius 2 is 1.93 bits per heavy atom. The molecular weight excluding hydrogens is 172 g/mol. The third-order valence-electron chi connectivity index (χ3n) is 3.21. The lowest BCUT2D eigenvalue weighted by molar-refractivity contribution is 0.146. The molecule has 0 aromatic rings. The molecule has 0 aliphatic heterocycles. The van der Waals surface area contributed by atoms with Crippen LogP contribution in [-0.4, -0.2) is 31.1 Å². The summed E-state index contributed by atoms with van der Waals surface area (Å²) in [6, 6.07) is 0.735. The second-order valence-electron chi connectivity index (χ2n) is 5.97. The Bertz CT molecular complexity index is 172. The van der Waals surface area contributed by atoms with Crippen molar-refractivity contribution >= 4 is 0 Å². The highest BCUT2D eigenvalue weighted by atomic mass is 15.1. The molecule has 1 aliphatic rings. The molecule has 0 heterocycles. The highest BCUT2D eigenvalue weighted by Gasteiger charge is 2.30. The topological polar surface area (TPSA) is 29.3 Å². The standard InChI is InChI=1S/C12H26N2/c1-12(2,3)9-14(4)11-7-5-6-10(11)8-13/h10-11H,5-9,13H2,1-4H3. The van der Waals surface area contributed by atoms with E-state index in [0.29, 0.717) is 5.41 Å². The molecule has 2 heteroatoms. The van der Waals surface area contributed by atoms with Crippen molar-refractivity contribution in [2.45, 2.75) is 46.1 Å². The van der Waals surface area contributed by atoms with E-state index >= 15 is 0 Å². The van der Waals surface area contributed by atoms with Gasteiger partial charge in [0, 0.05) is 12.6 Å². The first-order valence-corrected chi connectivity index (χ1v) is 5.84. The predicted octanol–water partition coefficient (Wildman–Crippen LogP) is 2.09. The van der Waals surface area contributed by atoms with Crippen molar-refractivity contribution in [3.63, 3.8) is 0 Å². The first-order chi connectivity index (χ1) is 6.44. The molecule has 0 radical (unpaired) electrons. The molecular formula is C12H26N2. The van der Waals surface area contributed by atoms with Crippen LogP contribution in [0, 0.1) is 11.3 Å². The average Bonchev–Trinajstić information content (AvgIpc) is 2.47. The van der Waals surface area contributed by atoms with Gasteiger partial charge < -0.3 is 10.6 Å². The summed E-state index contributed by atoms with van der Waals surface area (Å²) in [7, 11) is 2.25. The largest absolute Gasteiger partial charge is 0.330 e. The Kier molecular flexibility index (Phi) is 3.96. The summed E-state index contributed by atoms with van der Waals surface area (Å²) in [5.41, 5.74) is 6.20. The minimum Gasteiger partial charge on any atom is -0.330 e. The van der Waals surface area contributed by atoms with Gasteiger partial charge in [-0.15, -0.1) is 0 Å². The fourth-order valence-electron chi connectivity index (χ4n) is 2.74. The summed E-state index contributed by atoms with van der Waals surface area (Å²) in [5.74, 6) is 0.738. The minimum atomic E-state index is 0.399. The molecule has 0 saturated heterocycles. The zero-order chi connectivity index (χ0) is 10.8. The van der Waals surface area contributed by atoms with Crippen molar-refractivity contribution in [1.82, 2.24) is 4.90 Å². The van der Waals surface area contributed by atoms with Gasteiger partial charge in [0.1, 0.15) is 0 Å². The Morgan fingerprint density at radius 3 is 2.43 bits per heavy atom. The van der Waals surface area contributed by atoms with Gasteiger partial charge in [-0.2, -0.15) is 0 Å². The van der Waals surface area contributed by atoms with Crippen LogP contribution in [0.2, 0.25) is 0 Å². The highest BCUT2D eigenvalue weighted by Crippen LogP contribution is 2.30. The summed E-state index contributed by atoms with van der Waals surface area (Å²) in [4.78, 5) is 2.52.